The second kappa shape index (κ2) is 8.56. The lowest BCUT2D eigenvalue weighted by Gasteiger charge is -2.23. The Morgan fingerprint density at radius 1 is 1.29 bits per heavy atom. The molecule has 1 N–H and O–H groups in total. The van der Waals surface area contributed by atoms with Crippen LogP contribution in [0.1, 0.15) is 13.3 Å². The van der Waals surface area contributed by atoms with Crippen LogP contribution in [0.15, 0.2) is 35.2 Å². The van der Waals surface area contributed by atoms with E-state index in [1.807, 2.05) is 18.8 Å². The standard InChI is InChI=1S/C14H23NOS/c1-12(9-10-16-3)14(15-2)11-17-13-7-5-4-6-8-13/h4-8,12,14-15H,9-11H2,1-3H3. The van der Waals surface area contributed by atoms with Gasteiger partial charge < -0.3 is 10.1 Å². The van der Waals surface area contributed by atoms with Gasteiger partial charge in [0.05, 0.1) is 0 Å². The van der Waals surface area contributed by atoms with E-state index >= 15 is 0 Å². The largest absolute Gasteiger partial charge is 0.385 e. The predicted molar refractivity (Wildman–Crippen MR) is 75.7 cm³/mol. The molecule has 0 amide bonds. The Kier molecular flexibility index (Phi) is 7.33. The third-order valence-electron chi connectivity index (χ3n) is 3.01. The van der Waals surface area contributed by atoms with Gasteiger partial charge in [0.1, 0.15) is 0 Å². The average molecular weight is 253 g/mol. The van der Waals surface area contributed by atoms with Crippen LogP contribution in [0.5, 0.6) is 0 Å². The van der Waals surface area contributed by atoms with E-state index in [0.717, 1.165) is 18.8 Å². The fourth-order valence-electron chi connectivity index (χ4n) is 1.74. The Morgan fingerprint density at radius 3 is 2.59 bits per heavy atom. The number of nitrogens with one attached hydrogen (secondary N) is 1. The smallest absolute Gasteiger partial charge is 0.0465 e. The summed E-state index contributed by atoms with van der Waals surface area (Å²) in [5.41, 5.74) is 0. The minimum atomic E-state index is 0.537. The molecule has 0 bridgehead atoms. The van der Waals surface area contributed by atoms with Crippen LogP contribution in [0.4, 0.5) is 0 Å². The molecule has 0 aliphatic rings. The molecule has 2 unspecified atom stereocenters. The van der Waals surface area contributed by atoms with Crippen LogP contribution >= 0.6 is 11.8 Å². The van der Waals surface area contributed by atoms with Gasteiger partial charge in [-0.25, -0.2) is 0 Å². The monoisotopic (exact) mass is 253 g/mol. The highest BCUT2D eigenvalue weighted by atomic mass is 32.2. The summed E-state index contributed by atoms with van der Waals surface area (Å²) in [4.78, 5) is 1.34. The molecular weight excluding hydrogens is 230 g/mol. The van der Waals surface area contributed by atoms with Crippen molar-refractivity contribution in [1.29, 1.82) is 0 Å². The van der Waals surface area contributed by atoms with Crippen molar-refractivity contribution < 1.29 is 4.74 Å². The minimum Gasteiger partial charge on any atom is -0.385 e. The van der Waals surface area contributed by atoms with E-state index in [-0.39, 0.29) is 0 Å². The SMILES string of the molecule is CNC(CSc1ccccc1)C(C)CCOC. The topological polar surface area (TPSA) is 21.3 Å². The van der Waals surface area contributed by atoms with Crippen molar-refractivity contribution in [3.05, 3.63) is 30.3 Å². The summed E-state index contributed by atoms with van der Waals surface area (Å²) in [5.74, 6) is 1.74. The van der Waals surface area contributed by atoms with Crippen LogP contribution in [0, 0.1) is 5.92 Å². The Bertz CT molecular complexity index is 292. The van der Waals surface area contributed by atoms with Crippen LogP contribution in [0.2, 0.25) is 0 Å². The molecule has 17 heavy (non-hydrogen) atoms. The van der Waals surface area contributed by atoms with Crippen molar-refractivity contribution in [2.75, 3.05) is 26.5 Å². The molecule has 1 aromatic rings. The third-order valence-corrected chi connectivity index (χ3v) is 4.14. The summed E-state index contributed by atoms with van der Waals surface area (Å²) in [6, 6.07) is 11.1. The van der Waals surface area contributed by atoms with E-state index in [1.165, 1.54) is 4.90 Å². The van der Waals surface area contributed by atoms with Gasteiger partial charge in [0.25, 0.3) is 0 Å². The molecule has 0 aliphatic heterocycles. The predicted octanol–water partition coefficient (Wildman–Crippen LogP) is 3.04. The van der Waals surface area contributed by atoms with Crippen molar-refractivity contribution in [2.24, 2.45) is 5.92 Å². The Labute approximate surface area is 109 Å². The minimum absolute atomic E-state index is 0.537. The highest BCUT2D eigenvalue weighted by molar-refractivity contribution is 7.99. The van der Waals surface area contributed by atoms with Gasteiger partial charge in [-0.3, -0.25) is 0 Å². The lowest BCUT2D eigenvalue weighted by molar-refractivity contribution is 0.173. The zero-order chi connectivity index (χ0) is 12.5. The molecule has 0 spiro atoms. The van der Waals surface area contributed by atoms with Crippen LogP contribution in [0.25, 0.3) is 0 Å². The van der Waals surface area contributed by atoms with Gasteiger partial charge in [0, 0.05) is 30.4 Å². The molecule has 2 atom stereocenters. The summed E-state index contributed by atoms with van der Waals surface area (Å²) in [6.07, 6.45) is 1.11. The molecule has 0 heterocycles. The van der Waals surface area contributed by atoms with Gasteiger partial charge in [-0.1, -0.05) is 25.1 Å². The number of rotatable bonds is 8. The van der Waals surface area contributed by atoms with Crippen molar-refractivity contribution in [2.45, 2.75) is 24.3 Å². The fourth-order valence-corrected chi connectivity index (χ4v) is 2.96. The van der Waals surface area contributed by atoms with Crippen molar-refractivity contribution in [1.82, 2.24) is 5.32 Å². The van der Waals surface area contributed by atoms with E-state index in [9.17, 15) is 0 Å². The van der Waals surface area contributed by atoms with Gasteiger partial charge in [-0.15, -0.1) is 11.8 Å². The average Bonchev–Trinajstić information content (AvgIpc) is 2.38. The lowest BCUT2D eigenvalue weighted by atomic mass is 10.0. The molecule has 0 saturated heterocycles. The quantitative estimate of drug-likeness (QED) is 0.720. The highest BCUT2D eigenvalue weighted by Crippen LogP contribution is 2.21. The molecule has 96 valence electrons. The van der Waals surface area contributed by atoms with Crippen LogP contribution in [0.3, 0.4) is 0 Å². The zero-order valence-corrected chi connectivity index (χ0v) is 11.8. The van der Waals surface area contributed by atoms with Crippen LogP contribution < -0.4 is 5.32 Å². The molecule has 0 saturated carbocycles. The van der Waals surface area contributed by atoms with Gasteiger partial charge in [-0.05, 0) is 31.5 Å². The molecule has 0 fully saturated rings. The molecule has 2 nitrogen and oxygen atoms in total. The third kappa shape index (κ3) is 5.57. The van der Waals surface area contributed by atoms with Crippen molar-refractivity contribution in [3.63, 3.8) is 0 Å². The normalized spacial score (nSPS) is 14.5. The lowest BCUT2D eigenvalue weighted by Crippen LogP contribution is -2.34. The number of ether oxygens (including phenoxy) is 1. The first-order valence-electron chi connectivity index (χ1n) is 6.12. The molecule has 3 heteroatoms. The second-order valence-corrected chi connectivity index (χ2v) is 5.37. The molecule has 1 rings (SSSR count). The number of thioether (sulfide) groups is 1. The Hall–Kier alpha value is -0.510. The van der Waals surface area contributed by atoms with Gasteiger partial charge in [-0.2, -0.15) is 0 Å². The van der Waals surface area contributed by atoms with Gasteiger partial charge in [0.2, 0.25) is 0 Å². The molecular formula is C14H23NOS. The molecule has 0 aromatic heterocycles. The van der Waals surface area contributed by atoms with Crippen molar-refractivity contribution >= 4 is 11.8 Å². The van der Waals surface area contributed by atoms with E-state index in [4.69, 9.17) is 4.74 Å². The highest BCUT2D eigenvalue weighted by Gasteiger charge is 2.15. The van der Waals surface area contributed by atoms with Crippen molar-refractivity contribution in [3.8, 4) is 0 Å². The number of methoxy groups -OCH3 is 1. The van der Waals surface area contributed by atoms with Crippen LogP contribution in [-0.2, 0) is 4.74 Å². The maximum atomic E-state index is 5.14. The van der Waals surface area contributed by atoms with Gasteiger partial charge in [0.15, 0.2) is 0 Å². The first-order chi connectivity index (χ1) is 8.27. The van der Waals surface area contributed by atoms with E-state index < -0.39 is 0 Å². The number of hydrogen-bond acceptors (Lipinski definition) is 3. The summed E-state index contributed by atoms with van der Waals surface area (Å²) in [7, 11) is 3.80. The van der Waals surface area contributed by atoms with E-state index in [2.05, 4.69) is 42.6 Å². The number of hydrogen-bond donors (Lipinski definition) is 1. The van der Waals surface area contributed by atoms with Crippen LogP contribution in [-0.4, -0.2) is 32.6 Å². The summed E-state index contributed by atoms with van der Waals surface area (Å²) in [5, 5.41) is 3.40. The Morgan fingerprint density at radius 2 is 2.00 bits per heavy atom. The Balaban J connectivity index is 2.36. The first-order valence-corrected chi connectivity index (χ1v) is 7.10. The zero-order valence-electron chi connectivity index (χ0n) is 11.0. The molecule has 0 aliphatic carbocycles. The van der Waals surface area contributed by atoms with E-state index in [1.54, 1.807) is 7.11 Å². The number of benzene rings is 1. The summed E-state index contributed by atoms with van der Waals surface area (Å²) in [6.45, 7) is 3.13. The van der Waals surface area contributed by atoms with E-state index in [0.29, 0.717) is 12.0 Å². The maximum absolute atomic E-state index is 5.14. The maximum Gasteiger partial charge on any atom is 0.0465 e. The fraction of sp³-hybridized carbons (Fsp3) is 0.571. The molecule has 1 aromatic carbocycles. The second-order valence-electron chi connectivity index (χ2n) is 4.28. The summed E-state index contributed by atoms with van der Waals surface area (Å²) < 4.78 is 5.14. The first kappa shape index (κ1) is 14.6. The van der Waals surface area contributed by atoms with Gasteiger partial charge >= 0.3 is 0 Å². The molecule has 0 radical (unpaired) electrons. The summed E-state index contributed by atoms with van der Waals surface area (Å²) >= 11 is 1.91.